The number of nitrogens with two attached hydrogens (primary N) is 1. The summed E-state index contributed by atoms with van der Waals surface area (Å²) in [5.41, 5.74) is 6.44. The maximum Gasteiger partial charge on any atom is 0.272 e. The van der Waals surface area contributed by atoms with Crippen molar-refractivity contribution in [2.75, 3.05) is 13.1 Å². The molecule has 1 aliphatic heterocycles. The number of amides is 1. The van der Waals surface area contributed by atoms with Gasteiger partial charge in [0.2, 0.25) is 0 Å². The maximum absolute atomic E-state index is 12.3. The molecule has 98 valence electrons. The topological polar surface area (TPSA) is 59.2 Å². The van der Waals surface area contributed by atoms with Gasteiger partial charge >= 0.3 is 0 Å². The fourth-order valence-corrected chi connectivity index (χ4v) is 2.32. The molecule has 1 amide bonds. The van der Waals surface area contributed by atoms with Crippen molar-refractivity contribution in [2.45, 2.75) is 26.3 Å². The fourth-order valence-electron chi connectivity index (χ4n) is 2.21. The number of rotatable bonds is 1. The number of halogens is 1. The third-order valence-corrected chi connectivity index (χ3v) is 3.77. The molecule has 1 aliphatic rings. The van der Waals surface area contributed by atoms with Crippen molar-refractivity contribution in [3.63, 3.8) is 0 Å². The molecule has 2 rings (SSSR count). The predicted octanol–water partition coefficient (Wildman–Crippen LogP) is 1.93. The first-order chi connectivity index (χ1) is 8.40. The van der Waals surface area contributed by atoms with Gasteiger partial charge in [0.1, 0.15) is 5.69 Å². The van der Waals surface area contributed by atoms with Crippen LogP contribution in [0.15, 0.2) is 18.3 Å². The molecule has 1 fully saturated rings. The van der Waals surface area contributed by atoms with Crippen LogP contribution >= 0.6 is 11.6 Å². The number of piperidine rings is 1. The molecule has 5 heteroatoms. The van der Waals surface area contributed by atoms with Crippen LogP contribution in [0.5, 0.6) is 0 Å². The molecule has 1 aromatic rings. The minimum absolute atomic E-state index is 0.0494. The number of nitrogens with zero attached hydrogens (tertiary/aromatic N) is 2. The molecule has 2 heterocycles. The SMILES string of the molecule is CC1(C)CN(C(=O)c2ccc(Cl)cn2)CCC1N. The van der Waals surface area contributed by atoms with Crippen molar-refractivity contribution in [1.29, 1.82) is 0 Å². The minimum Gasteiger partial charge on any atom is -0.337 e. The van der Waals surface area contributed by atoms with Crippen LogP contribution in [0.1, 0.15) is 30.8 Å². The summed E-state index contributed by atoms with van der Waals surface area (Å²) in [6.45, 7) is 5.53. The van der Waals surface area contributed by atoms with Crippen LogP contribution in [0.25, 0.3) is 0 Å². The van der Waals surface area contributed by atoms with Crippen molar-refractivity contribution in [1.82, 2.24) is 9.88 Å². The number of aromatic nitrogens is 1. The van der Waals surface area contributed by atoms with Crippen molar-refractivity contribution in [2.24, 2.45) is 11.1 Å². The zero-order valence-corrected chi connectivity index (χ0v) is 11.4. The summed E-state index contributed by atoms with van der Waals surface area (Å²) >= 11 is 5.76. The molecular formula is C13H18ClN3O. The van der Waals surface area contributed by atoms with E-state index in [1.54, 1.807) is 12.1 Å². The summed E-state index contributed by atoms with van der Waals surface area (Å²) in [5, 5.41) is 0.535. The van der Waals surface area contributed by atoms with Crippen LogP contribution in [-0.2, 0) is 0 Å². The Hall–Kier alpha value is -1.13. The lowest BCUT2D eigenvalue weighted by molar-refractivity contribution is 0.0527. The molecule has 0 aliphatic carbocycles. The summed E-state index contributed by atoms with van der Waals surface area (Å²) in [6, 6.07) is 3.48. The molecule has 2 N–H and O–H groups in total. The average molecular weight is 268 g/mol. The average Bonchev–Trinajstić information content (AvgIpc) is 2.33. The number of hydrogen-bond donors (Lipinski definition) is 1. The minimum atomic E-state index is -0.0552. The van der Waals surface area contributed by atoms with Gasteiger partial charge in [0, 0.05) is 25.3 Å². The zero-order chi connectivity index (χ0) is 13.3. The van der Waals surface area contributed by atoms with E-state index in [0.717, 1.165) is 6.42 Å². The lowest BCUT2D eigenvalue weighted by Gasteiger charge is -2.42. The Balaban J connectivity index is 2.13. The monoisotopic (exact) mass is 267 g/mol. The summed E-state index contributed by atoms with van der Waals surface area (Å²) in [5.74, 6) is -0.0494. The third-order valence-electron chi connectivity index (χ3n) is 3.55. The van der Waals surface area contributed by atoms with Crippen molar-refractivity contribution in [3.05, 3.63) is 29.0 Å². The van der Waals surface area contributed by atoms with Crippen LogP contribution in [0.3, 0.4) is 0 Å². The lowest BCUT2D eigenvalue weighted by Crippen LogP contribution is -2.54. The number of carbonyl (C=O) groups is 1. The van der Waals surface area contributed by atoms with Gasteiger partial charge < -0.3 is 10.6 Å². The standard InChI is InChI=1S/C13H18ClN3O/c1-13(2)8-17(6-5-11(13)15)12(18)10-4-3-9(14)7-16-10/h3-4,7,11H,5-6,8,15H2,1-2H3. The molecule has 1 unspecified atom stereocenters. The van der Waals surface area contributed by atoms with Crippen LogP contribution in [0, 0.1) is 5.41 Å². The Morgan fingerprint density at radius 1 is 1.56 bits per heavy atom. The lowest BCUT2D eigenvalue weighted by atomic mass is 9.79. The van der Waals surface area contributed by atoms with Gasteiger partial charge in [-0.05, 0) is 24.0 Å². The Morgan fingerprint density at radius 2 is 2.28 bits per heavy atom. The third kappa shape index (κ3) is 2.65. The van der Waals surface area contributed by atoms with Crippen LogP contribution in [0.2, 0.25) is 5.02 Å². The number of pyridine rings is 1. The van der Waals surface area contributed by atoms with Gasteiger partial charge in [-0.1, -0.05) is 25.4 Å². The van der Waals surface area contributed by atoms with E-state index >= 15 is 0 Å². The predicted molar refractivity (Wildman–Crippen MR) is 71.5 cm³/mol. The van der Waals surface area contributed by atoms with Crippen molar-refractivity contribution < 1.29 is 4.79 Å². The van der Waals surface area contributed by atoms with Crippen LogP contribution in [0.4, 0.5) is 0 Å². The highest BCUT2D eigenvalue weighted by Crippen LogP contribution is 2.28. The first kappa shape index (κ1) is 13.3. The van der Waals surface area contributed by atoms with E-state index in [9.17, 15) is 4.79 Å². The smallest absolute Gasteiger partial charge is 0.272 e. The van der Waals surface area contributed by atoms with Gasteiger partial charge in [-0.2, -0.15) is 0 Å². The zero-order valence-electron chi connectivity index (χ0n) is 10.7. The Labute approximate surface area is 112 Å². The van der Waals surface area contributed by atoms with E-state index in [-0.39, 0.29) is 17.4 Å². The van der Waals surface area contributed by atoms with Gasteiger partial charge in [0.05, 0.1) is 5.02 Å². The number of hydrogen-bond acceptors (Lipinski definition) is 3. The van der Waals surface area contributed by atoms with Gasteiger partial charge in [0.25, 0.3) is 5.91 Å². The number of carbonyl (C=O) groups excluding carboxylic acids is 1. The number of likely N-dealkylation sites (tertiary alicyclic amines) is 1. The summed E-state index contributed by atoms with van der Waals surface area (Å²) < 4.78 is 0. The molecule has 0 radical (unpaired) electrons. The normalized spacial score (nSPS) is 22.9. The molecule has 0 spiro atoms. The first-order valence-electron chi connectivity index (χ1n) is 6.06. The van der Waals surface area contributed by atoms with E-state index < -0.39 is 0 Å². The second kappa shape index (κ2) is 4.86. The van der Waals surface area contributed by atoms with E-state index in [1.807, 2.05) is 4.90 Å². The maximum atomic E-state index is 12.3. The Kier molecular flexibility index (Phi) is 3.59. The molecule has 1 saturated heterocycles. The quantitative estimate of drug-likeness (QED) is 0.846. The molecule has 4 nitrogen and oxygen atoms in total. The van der Waals surface area contributed by atoms with Crippen LogP contribution < -0.4 is 5.73 Å². The summed E-state index contributed by atoms with van der Waals surface area (Å²) in [6.07, 6.45) is 2.32. The largest absolute Gasteiger partial charge is 0.337 e. The summed E-state index contributed by atoms with van der Waals surface area (Å²) in [4.78, 5) is 18.2. The van der Waals surface area contributed by atoms with Gasteiger partial charge in [-0.3, -0.25) is 4.79 Å². The van der Waals surface area contributed by atoms with Gasteiger partial charge in [0.15, 0.2) is 0 Å². The molecule has 1 aromatic heterocycles. The fraction of sp³-hybridized carbons (Fsp3) is 0.538. The van der Waals surface area contributed by atoms with Gasteiger partial charge in [-0.25, -0.2) is 4.98 Å². The second-order valence-electron chi connectivity index (χ2n) is 5.47. The highest BCUT2D eigenvalue weighted by molar-refractivity contribution is 6.30. The highest BCUT2D eigenvalue weighted by Gasteiger charge is 2.35. The molecule has 0 aromatic carbocycles. The molecule has 0 saturated carbocycles. The van der Waals surface area contributed by atoms with Crippen molar-refractivity contribution >= 4 is 17.5 Å². The summed E-state index contributed by atoms with van der Waals surface area (Å²) in [7, 11) is 0. The van der Waals surface area contributed by atoms with E-state index in [0.29, 0.717) is 23.8 Å². The second-order valence-corrected chi connectivity index (χ2v) is 5.91. The molecule has 18 heavy (non-hydrogen) atoms. The van der Waals surface area contributed by atoms with E-state index in [2.05, 4.69) is 18.8 Å². The molecule has 0 bridgehead atoms. The van der Waals surface area contributed by atoms with Crippen LogP contribution in [-0.4, -0.2) is 34.9 Å². The Bertz CT molecular complexity index is 444. The van der Waals surface area contributed by atoms with E-state index in [4.69, 9.17) is 17.3 Å². The highest BCUT2D eigenvalue weighted by atomic mass is 35.5. The molecule has 1 atom stereocenters. The Morgan fingerprint density at radius 3 is 2.83 bits per heavy atom. The van der Waals surface area contributed by atoms with Gasteiger partial charge in [-0.15, -0.1) is 0 Å². The first-order valence-corrected chi connectivity index (χ1v) is 6.44. The molecular weight excluding hydrogens is 250 g/mol. The van der Waals surface area contributed by atoms with Crippen molar-refractivity contribution in [3.8, 4) is 0 Å². The van der Waals surface area contributed by atoms with E-state index in [1.165, 1.54) is 6.20 Å².